The van der Waals surface area contributed by atoms with Gasteiger partial charge in [0.25, 0.3) is 15.7 Å². The van der Waals surface area contributed by atoms with Crippen molar-refractivity contribution in [2.75, 3.05) is 11.9 Å². The Labute approximate surface area is 209 Å². The molecule has 0 aromatic heterocycles. The molecule has 0 spiro atoms. The summed E-state index contributed by atoms with van der Waals surface area (Å²) in [6.07, 6.45) is -6.57. The highest BCUT2D eigenvalue weighted by atomic mass is 32.2. The van der Waals surface area contributed by atoms with Crippen LogP contribution in [0.5, 0.6) is 5.75 Å². The molecule has 0 saturated heterocycles. The lowest BCUT2D eigenvalue weighted by atomic mass is 10.3. The smallest absolute Gasteiger partial charge is 0.477 e. The van der Waals surface area contributed by atoms with Crippen molar-refractivity contribution in [1.29, 1.82) is 0 Å². The van der Waals surface area contributed by atoms with Crippen LogP contribution in [0, 0.1) is 10.1 Å². The highest BCUT2D eigenvalue weighted by molar-refractivity contribution is 8.00. The van der Waals surface area contributed by atoms with Crippen molar-refractivity contribution in [2.45, 2.75) is 32.7 Å². The zero-order valence-corrected chi connectivity index (χ0v) is 19.4. The van der Waals surface area contributed by atoms with Gasteiger partial charge in [0, 0.05) is 16.6 Å². The normalized spacial score (nSPS) is 13.2. The largest absolute Gasteiger partial charge is 0.501 e. The van der Waals surface area contributed by atoms with Crippen LogP contribution in [0.3, 0.4) is 0 Å². The fourth-order valence-electron chi connectivity index (χ4n) is 2.42. The van der Waals surface area contributed by atoms with Gasteiger partial charge in [-0.1, -0.05) is 6.07 Å². The van der Waals surface area contributed by atoms with Gasteiger partial charge in [-0.15, -0.1) is 0 Å². The van der Waals surface area contributed by atoms with E-state index in [1.54, 1.807) is 0 Å². The van der Waals surface area contributed by atoms with Crippen LogP contribution in [0.1, 0.15) is 0 Å². The van der Waals surface area contributed by atoms with E-state index < -0.39 is 88.8 Å². The standard InChI is InChI=1S/C18H10F10N2O6S2/c19-15(20,16(21,22)23)17(24,25)37-10-3-1-2-9(6-10)29-14(31)8-36-13-5-4-11(7-12(13)30(32)33)38(34,35)18(26,27)28/h1-7H,8H2,(H,29,31). The Balaban J connectivity index is 2.16. The van der Waals surface area contributed by atoms with E-state index in [0.717, 1.165) is 18.2 Å². The maximum Gasteiger partial charge on any atom is 0.501 e. The van der Waals surface area contributed by atoms with Crippen LogP contribution in [-0.2, 0) is 14.6 Å². The topological polar surface area (TPSA) is 116 Å². The first-order valence-corrected chi connectivity index (χ1v) is 11.5. The molecule has 0 aliphatic rings. The van der Waals surface area contributed by atoms with Gasteiger partial charge < -0.3 is 10.1 Å². The number of benzene rings is 2. The molecule has 1 amide bonds. The van der Waals surface area contributed by atoms with Crippen molar-refractivity contribution < 1.29 is 66.8 Å². The third kappa shape index (κ3) is 6.58. The third-order valence-corrected chi connectivity index (χ3v) is 6.67. The number of halogens is 10. The summed E-state index contributed by atoms with van der Waals surface area (Å²) in [4.78, 5) is 19.5. The van der Waals surface area contributed by atoms with Gasteiger partial charge in [0.05, 0.1) is 9.82 Å². The first-order chi connectivity index (χ1) is 17.1. The molecule has 210 valence electrons. The SMILES string of the molecule is O=C(COc1ccc(S(=O)(=O)C(F)(F)F)cc1[N+](=O)[O-])Nc1cccc(SC(F)(F)C(F)(F)C(F)(F)F)c1. The summed E-state index contributed by atoms with van der Waals surface area (Å²) in [5, 5.41) is 7.46. The van der Waals surface area contributed by atoms with Crippen LogP contribution in [0.15, 0.2) is 52.3 Å². The second-order valence-electron chi connectivity index (χ2n) is 6.89. The molecule has 2 rings (SSSR count). The highest BCUT2D eigenvalue weighted by Crippen LogP contribution is 2.54. The molecule has 0 saturated carbocycles. The van der Waals surface area contributed by atoms with Gasteiger partial charge in [-0.05, 0) is 42.1 Å². The van der Waals surface area contributed by atoms with Gasteiger partial charge in [0.15, 0.2) is 12.4 Å². The molecule has 0 aliphatic heterocycles. The summed E-state index contributed by atoms with van der Waals surface area (Å²) in [7, 11) is -5.96. The number of thioether (sulfide) groups is 1. The van der Waals surface area contributed by atoms with Gasteiger partial charge in [0.2, 0.25) is 0 Å². The molecule has 20 heteroatoms. The Bertz CT molecular complexity index is 1330. The third-order valence-electron chi connectivity index (χ3n) is 4.19. The zero-order chi connectivity index (χ0) is 29.3. The lowest BCUT2D eigenvalue weighted by Gasteiger charge is -2.27. The number of nitro benzene ring substituents is 1. The number of ether oxygens (including phenoxy) is 1. The van der Waals surface area contributed by atoms with E-state index in [0.29, 0.717) is 18.2 Å². The molecule has 0 atom stereocenters. The van der Waals surface area contributed by atoms with Crippen molar-refractivity contribution in [3.8, 4) is 5.75 Å². The minimum Gasteiger partial charge on any atom is -0.477 e. The van der Waals surface area contributed by atoms with Crippen molar-refractivity contribution in [2.24, 2.45) is 0 Å². The minimum atomic E-state index is -6.57. The lowest BCUT2D eigenvalue weighted by molar-refractivity contribution is -0.386. The molecule has 0 heterocycles. The predicted octanol–water partition coefficient (Wildman–Crippen LogP) is 5.79. The van der Waals surface area contributed by atoms with Gasteiger partial charge in [-0.25, -0.2) is 8.42 Å². The maximum atomic E-state index is 13.6. The highest BCUT2D eigenvalue weighted by Gasteiger charge is 2.73. The maximum absolute atomic E-state index is 13.6. The van der Waals surface area contributed by atoms with Crippen LogP contribution in [0.2, 0.25) is 0 Å². The van der Waals surface area contributed by atoms with E-state index >= 15 is 0 Å². The number of hydrogen-bond acceptors (Lipinski definition) is 7. The number of carbonyl (C=O) groups is 1. The Hall–Kier alpha value is -3.29. The van der Waals surface area contributed by atoms with Gasteiger partial charge in [0.1, 0.15) is 0 Å². The summed E-state index contributed by atoms with van der Waals surface area (Å²) in [6.45, 7) is -1.12. The molecule has 0 fully saturated rings. The molecule has 0 unspecified atom stereocenters. The number of alkyl halides is 10. The predicted molar refractivity (Wildman–Crippen MR) is 109 cm³/mol. The summed E-state index contributed by atoms with van der Waals surface area (Å²) in [5.74, 6) is -8.44. The molecule has 0 aliphatic carbocycles. The molecule has 2 aromatic carbocycles. The molecule has 0 radical (unpaired) electrons. The van der Waals surface area contributed by atoms with Gasteiger partial charge in [-0.2, -0.15) is 43.9 Å². The Kier molecular flexibility index (Phi) is 8.52. The van der Waals surface area contributed by atoms with Crippen LogP contribution in [-0.4, -0.2) is 48.7 Å². The van der Waals surface area contributed by atoms with E-state index in [2.05, 4.69) is 0 Å². The van der Waals surface area contributed by atoms with E-state index in [-0.39, 0.29) is 6.07 Å². The number of nitrogens with zero attached hydrogens (tertiary/aromatic N) is 1. The number of rotatable bonds is 9. The molecule has 8 nitrogen and oxygen atoms in total. The summed E-state index contributed by atoms with van der Waals surface area (Å²) in [6, 6.07) is 4.06. The van der Waals surface area contributed by atoms with Crippen molar-refractivity contribution in [1.82, 2.24) is 0 Å². The fourth-order valence-corrected chi connectivity index (χ4v) is 4.07. The Morgan fingerprint density at radius 3 is 2.11 bits per heavy atom. The van der Waals surface area contributed by atoms with Crippen LogP contribution >= 0.6 is 11.8 Å². The van der Waals surface area contributed by atoms with Crippen LogP contribution < -0.4 is 10.1 Å². The number of anilines is 1. The minimum absolute atomic E-state index is 0.0354. The average Bonchev–Trinajstić information content (AvgIpc) is 2.75. The van der Waals surface area contributed by atoms with Crippen molar-refractivity contribution in [3.63, 3.8) is 0 Å². The fraction of sp³-hybridized carbons (Fsp3) is 0.278. The average molecular weight is 604 g/mol. The Morgan fingerprint density at radius 2 is 1.58 bits per heavy atom. The van der Waals surface area contributed by atoms with E-state index in [4.69, 9.17) is 4.74 Å². The van der Waals surface area contributed by atoms with Gasteiger partial charge >= 0.3 is 28.5 Å². The van der Waals surface area contributed by atoms with E-state index in [1.165, 1.54) is 0 Å². The van der Waals surface area contributed by atoms with Crippen molar-refractivity contribution >= 4 is 38.9 Å². The van der Waals surface area contributed by atoms with Crippen molar-refractivity contribution in [3.05, 3.63) is 52.6 Å². The zero-order valence-electron chi connectivity index (χ0n) is 17.7. The lowest BCUT2D eigenvalue weighted by Crippen LogP contribution is -2.49. The summed E-state index contributed by atoms with van der Waals surface area (Å²) in [5.41, 5.74) is -7.45. The second-order valence-corrected chi connectivity index (χ2v) is 10.0. The molecular formula is C18H10F10N2O6S2. The number of carbonyl (C=O) groups excluding carboxylic acids is 1. The summed E-state index contributed by atoms with van der Waals surface area (Å²) >= 11 is -1.15. The number of amides is 1. The first kappa shape index (κ1) is 30.9. The molecule has 2 aromatic rings. The van der Waals surface area contributed by atoms with Gasteiger partial charge in [-0.3, -0.25) is 14.9 Å². The van der Waals surface area contributed by atoms with E-state index in [9.17, 15) is 67.2 Å². The Morgan fingerprint density at radius 1 is 0.974 bits per heavy atom. The molecular weight excluding hydrogens is 594 g/mol. The van der Waals surface area contributed by atoms with Crippen LogP contribution in [0.4, 0.5) is 55.3 Å². The number of nitrogens with one attached hydrogen (secondary N) is 1. The van der Waals surface area contributed by atoms with Crippen LogP contribution in [0.25, 0.3) is 0 Å². The quantitative estimate of drug-likeness (QED) is 0.167. The monoisotopic (exact) mass is 604 g/mol. The second kappa shape index (κ2) is 10.5. The molecule has 0 bridgehead atoms. The first-order valence-electron chi connectivity index (χ1n) is 9.24. The molecule has 1 N–H and O–H groups in total. The number of hydrogen-bond donors (Lipinski definition) is 1. The molecule has 38 heavy (non-hydrogen) atoms. The number of sulfone groups is 1. The van der Waals surface area contributed by atoms with E-state index in [1.807, 2.05) is 5.32 Å². The number of nitro groups is 1. The summed E-state index contributed by atoms with van der Waals surface area (Å²) < 4.78 is 156.